The van der Waals surface area contributed by atoms with Gasteiger partial charge in [-0.05, 0) is 109 Å². The van der Waals surface area contributed by atoms with E-state index in [-0.39, 0.29) is 67.9 Å². The molecule has 13 heteroatoms. The van der Waals surface area contributed by atoms with Crippen LogP contribution < -0.4 is 16.4 Å². The fourth-order valence-electron chi connectivity index (χ4n) is 8.30. The molecule has 59 heavy (non-hydrogen) atoms. The van der Waals surface area contributed by atoms with Crippen molar-refractivity contribution >= 4 is 5.91 Å². The van der Waals surface area contributed by atoms with Gasteiger partial charge in [0.25, 0.3) is 0 Å². The third-order valence-corrected chi connectivity index (χ3v) is 12.1. The number of aliphatic hydroxyl groups is 1. The summed E-state index contributed by atoms with van der Waals surface area (Å²) in [6.07, 6.45) is -8.18. The van der Waals surface area contributed by atoms with E-state index in [0.29, 0.717) is 12.8 Å². The summed E-state index contributed by atoms with van der Waals surface area (Å²) >= 11 is 0. The summed E-state index contributed by atoms with van der Waals surface area (Å²) in [7, 11) is 0. The Labute approximate surface area is 343 Å². The molecule has 0 spiro atoms. The van der Waals surface area contributed by atoms with Crippen molar-refractivity contribution in [2.45, 2.75) is 153 Å². The maximum Gasteiger partial charge on any atom is 0.391 e. The highest BCUT2D eigenvalue weighted by molar-refractivity contribution is 5.73. The zero-order chi connectivity index (χ0) is 44.2. The molecular formula is C46H61F8N3O2. The number of halogens is 8. The summed E-state index contributed by atoms with van der Waals surface area (Å²) in [6, 6.07) is 17.9. The van der Waals surface area contributed by atoms with Gasteiger partial charge in [0.05, 0.1) is 24.0 Å². The minimum atomic E-state index is -4.27. The van der Waals surface area contributed by atoms with Crippen molar-refractivity contribution < 1.29 is 45.0 Å². The fourth-order valence-corrected chi connectivity index (χ4v) is 8.30. The van der Waals surface area contributed by atoms with Crippen molar-refractivity contribution in [1.82, 2.24) is 10.6 Å². The van der Waals surface area contributed by atoms with E-state index < -0.39 is 65.0 Å². The van der Waals surface area contributed by atoms with E-state index in [0.717, 1.165) is 34.9 Å². The van der Waals surface area contributed by atoms with Gasteiger partial charge >= 0.3 is 12.4 Å². The topological polar surface area (TPSA) is 87.4 Å². The van der Waals surface area contributed by atoms with Crippen LogP contribution in [0.15, 0.2) is 66.7 Å². The second-order valence-corrected chi connectivity index (χ2v) is 18.8. The minimum Gasteiger partial charge on any atom is -0.390 e. The first-order valence-electron chi connectivity index (χ1n) is 20.4. The van der Waals surface area contributed by atoms with Crippen molar-refractivity contribution in [2.75, 3.05) is 6.54 Å². The van der Waals surface area contributed by atoms with E-state index in [9.17, 15) is 45.0 Å². The molecular weight excluding hydrogens is 779 g/mol. The van der Waals surface area contributed by atoms with Gasteiger partial charge in [0.2, 0.25) is 5.91 Å². The lowest BCUT2D eigenvalue weighted by atomic mass is 9.71. The van der Waals surface area contributed by atoms with Crippen LogP contribution in [-0.2, 0) is 33.1 Å². The van der Waals surface area contributed by atoms with Crippen molar-refractivity contribution in [3.8, 4) is 0 Å². The highest BCUT2D eigenvalue weighted by Gasteiger charge is 2.47. The summed E-state index contributed by atoms with van der Waals surface area (Å²) in [5.41, 5.74) is 9.13. The van der Waals surface area contributed by atoms with E-state index in [1.54, 1.807) is 0 Å². The number of carbonyl (C=O) groups is 1. The molecule has 5 rings (SSSR count). The second-order valence-electron chi connectivity index (χ2n) is 18.8. The quantitative estimate of drug-likeness (QED) is 0.162. The number of hydrogen-bond acceptors (Lipinski definition) is 4. The van der Waals surface area contributed by atoms with Crippen LogP contribution in [-0.4, -0.2) is 42.1 Å². The molecule has 2 aliphatic rings. The van der Waals surface area contributed by atoms with Crippen molar-refractivity contribution in [3.05, 3.63) is 106 Å². The number of nitrogens with two attached hydrogens (primary N) is 1. The van der Waals surface area contributed by atoms with Crippen LogP contribution in [0.5, 0.6) is 0 Å². The van der Waals surface area contributed by atoms with Gasteiger partial charge in [0, 0.05) is 30.6 Å². The third kappa shape index (κ3) is 13.2. The standard InChI is InChI=1S/C29H37F5N2O2.C17H24F3N/c1-18(37)36-25(14-19-12-23(30)16-24(31)13-19)26(38)17-35-28(10-8-20(9-11-28)29(32,33)34)22-7-5-6-21(15-22)27(2,3)4;1-15(2,3)13-5-4-6-14(11-13)16(21)9-7-12(8-10-16)17(18,19)20/h5-7,12-13,15-16,20,25-26,35,38H,8-11,14,17H2,1-4H3,(H,36,37);4-6,11-12H,7-10,21H2,1-3H3. The lowest BCUT2D eigenvalue weighted by Crippen LogP contribution is -2.54. The first-order chi connectivity index (χ1) is 27.1. The molecule has 0 saturated heterocycles. The summed E-state index contributed by atoms with van der Waals surface area (Å²) in [5, 5.41) is 17.1. The largest absolute Gasteiger partial charge is 0.391 e. The maximum atomic E-state index is 13.7. The van der Waals surface area contributed by atoms with Gasteiger partial charge in [-0.2, -0.15) is 26.3 Å². The Balaban J connectivity index is 0.000000308. The Morgan fingerprint density at radius 3 is 1.61 bits per heavy atom. The molecule has 3 aromatic rings. The molecule has 3 aromatic carbocycles. The lowest BCUT2D eigenvalue weighted by molar-refractivity contribution is -0.186. The van der Waals surface area contributed by atoms with Gasteiger partial charge in [-0.3, -0.25) is 4.79 Å². The molecule has 2 unspecified atom stereocenters. The Morgan fingerprint density at radius 2 is 1.17 bits per heavy atom. The molecule has 0 heterocycles. The number of carbonyl (C=O) groups excluding carboxylic acids is 1. The number of aliphatic hydroxyl groups excluding tert-OH is 1. The molecule has 5 N–H and O–H groups in total. The third-order valence-electron chi connectivity index (χ3n) is 12.1. The predicted octanol–water partition coefficient (Wildman–Crippen LogP) is 10.8. The van der Waals surface area contributed by atoms with Crippen LogP contribution in [0.25, 0.3) is 0 Å². The van der Waals surface area contributed by atoms with E-state index in [4.69, 9.17) is 5.73 Å². The number of hydrogen-bond donors (Lipinski definition) is 4. The molecule has 1 amide bonds. The van der Waals surface area contributed by atoms with Crippen LogP contribution >= 0.6 is 0 Å². The normalized spacial score (nSPS) is 24.1. The van der Waals surface area contributed by atoms with Gasteiger partial charge in [-0.15, -0.1) is 0 Å². The van der Waals surface area contributed by atoms with Crippen LogP contribution in [0.4, 0.5) is 35.1 Å². The summed E-state index contributed by atoms with van der Waals surface area (Å²) in [4.78, 5) is 11.8. The van der Waals surface area contributed by atoms with Gasteiger partial charge in [0.15, 0.2) is 0 Å². The molecule has 2 atom stereocenters. The number of rotatable bonds is 9. The number of nitrogens with one attached hydrogen (secondary N) is 2. The number of amides is 1. The van der Waals surface area contributed by atoms with Crippen LogP contribution in [0, 0.1) is 23.5 Å². The van der Waals surface area contributed by atoms with Crippen LogP contribution in [0.3, 0.4) is 0 Å². The molecule has 0 radical (unpaired) electrons. The van der Waals surface area contributed by atoms with Crippen LogP contribution in [0.1, 0.15) is 128 Å². The second kappa shape index (κ2) is 18.6. The van der Waals surface area contributed by atoms with E-state index in [1.165, 1.54) is 12.5 Å². The lowest BCUT2D eigenvalue weighted by Gasteiger charge is -2.43. The molecule has 0 aromatic heterocycles. The van der Waals surface area contributed by atoms with E-state index in [1.807, 2.05) is 42.5 Å². The van der Waals surface area contributed by atoms with Crippen molar-refractivity contribution in [3.63, 3.8) is 0 Å². The van der Waals surface area contributed by atoms with Crippen LogP contribution in [0.2, 0.25) is 0 Å². The predicted molar refractivity (Wildman–Crippen MR) is 216 cm³/mol. The monoisotopic (exact) mass is 839 g/mol. The number of benzene rings is 3. The highest BCUT2D eigenvalue weighted by atomic mass is 19.4. The van der Waals surface area contributed by atoms with Gasteiger partial charge < -0.3 is 21.5 Å². The Kier molecular flexibility index (Phi) is 15.2. The Hall–Kier alpha value is -3.55. The van der Waals surface area contributed by atoms with Crippen molar-refractivity contribution in [2.24, 2.45) is 17.6 Å². The molecule has 5 nitrogen and oxygen atoms in total. The van der Waals surface area contributed by atoms with Crippen molar-refractivity contribution in [1.29, 1.82) is 0 Å². The maximum absolute atomic E-state index is 13.7. The molecule has 2 saturated carbocycles. The molecule has 328 valence electrons. The zero-order valence-electron chi connectivity index (χ0n) is 35.2. The van der Waals surface area contributed by atoms with Gasteiger partial charge in [-0.1, -0.05) is 90.1 Å². The fraction of sp³-hybridized carbons (Fsp3) is 0.587. The average molecular weight is 840 g/mol. The molecule has 2 fully saturated rings. The Bertz CT molecular complexity index is 1830. The minimum absolute atomic E-state index is 0.00947. The molecule has 2 aliphatic carbocycles. The number of alkyl halides is 6. The summed E-state index contributed by atoms with van der Waals surface area (Å²) in [5.74, 6) is -4.55. The highest BCUT2D eigenvalue weighted by Crippen LogP contribution is 2.47. The van der Waals surface area contributed by atoms with E-state index in [2.05, 4.69) is 58.2 Å². The van der Waals surface area contributed by atoms with Gasteiger partial charge in [-0.25, -0.2) is 8.78 Å². The Morgan fingerprint density at radius 1 is 0.729 bits per heavy atom. The average Bonchev–Trinajstić information content (AvgIpc) is 3.12. The first-order valence-corrected chi connectivity index (χ1v) is 20.4. The smallest absolute Gasteiger partial charge is 0.390 e. The SMILES string of the molecule is CC(=O)NC(Cc1cc(F)cc(F)c1)C(O)CNC1(c2cccc(C(C)(C)C)c2)CCC(C(F)(F)F)CC1.CC(C)(C)c1cccc(C2(N)CCC(C(F)(F)F)CC2)c1. The summed E-state index contributed by atoms with van der Waals surface area (Å²) < 4.78 is 106. The first kappa shape index (κ1) is 48.1. The molecule has 0 aliphatic heterocycles. The zero-order valence-corrected chi connectivity index (χ0v) is 35.2. The van der Waals surface area contributed by atoms with Gasteiger partial charge in [0.1, 0.15) is 11.6 Å². The summed E-state index contributed by atoms with van der Waals surface area (Å²) in [6.45, 7) is 13.8. The molecule has 0 bridgehead atoms. The van der Waals surface area contributed by atoms with E-state index >= 15 is 0 Å².